The van der Waals surface area contributed by atoms with Gasteiger partial charge in [0.25, 0.3) is 5.91 Å². The number of nitrogens with zero attached hydrogens (tertiary/aromatic N) is 2. The van der Waals surface area contributed by atoms with E-state index in [1.54, 1.807) is 25.1 Å². The predicted octanol–water partition coefficient (Wildman–Crippen LogP) is 3.34. The van der Waals surface area contributed by atoms with Crippen molar-refractivity contribution < 1.29 is 19.4 Å². The van der Waals surface area contributed by atoms with E-state index in [9.17, 15) is 9.90 Å². The number of phenolic OH excluding ortho intramolecular Hbond substituents is 1. The van der Waals surface area contributed by atoms with Crippen molar-refractivity contribution in [2.24, 2.45) is 5.10 Å². The third-order valence-electron chi connectivity index (χ3n) is 4.19. The summed E-state index contributed by atoms with van der Waals surface area (Å²) in [5, 5.41) is 20.7. The second-order valence-electron chi connectivity index (χ2n) is 6.15. The summed E-state index contributed by atoms with van der Waals surface area (Å²) in [5.74, 6) is 0.681. The van der Waals surface area contributed by atoms with Crippen molar-refractivity contribution in [2.45, 2.75) is 13.8 Å². The number of nitrogens with one attached hydrogen (secondary N) is 2. The molecule has 2 aromatic carbocycles. The van der Waals surface area contributed by atoms with E-state index in [1.807, 2.05) is 31.2 Å². The van der Waals surface area contributed by atoms with Crippen LogP contribution in [0.2, 0.25) is 0 Å². The van der Waals surface area contributed by atoms with Crippen molar-refractivity contribution in [3.8, 4) is 28.5 Å². The van der Waals surface area contributed by atoms with E-state index in [0.29, 0.717) is 29.3 Å². The highest BCUT2D eigenvalue weighted by Crippen LogP contribution is 2.26. The lowest BCUT2D eigenvalue weighted by atomic mass is 10.1. The van der Waals surface area contributed by atoms with Gasteiger partial charge in [-0.2, -0.15) is 10.2 Å². The van der Waals surface area contributed by atoms with Gasteiger partial charge in [-0.1, -0.05) is 12.1 Å². The van der Waals surface area contributed by atoms with Crippen molar-refractivity contribution in [1.29, 1.82) is 0 Å². The van der Waals surface area contributed by atoms with Crippen LogP contribution in [0.1, 0.15) is 29.9 Å². The summed E-state index contributed by atoms with van der Waals surface area (Å²) in [6.07, 6.45) is 0. The standard InChI is InChI=1S/C21H22N4O4/c1-4-29-16-7-5-6-15(10-16)17-12-18(24-23-17)21(27)25-22-13(2)14-8-9-19(26)20(11-14)28-3/h5-12,26H,4H2,1-3H3,(H,23,24)(H,25,27)/b22-13-. The van der Waals surface area contributed by atoms with Gasteiger partial charge in [-0.3, -0.25) is 9.89 Å². The van der Waals surface area contributed by atoms with Crippen molar-refractivity contribution in [2.75, 3.05) is 13.7 Å². The van der Waals surface area contributed by atoms with E-state index in [0.717, 1.165) is 11.3 Å². The molecule has 0 saturated carbocycles. The van der Waals surface area contributed by atoms with Gasteiger partial charge in [0, 0.05) is 11.1 Å². The number of hydrogen-bond donors (Lipinski definition) is 3. The average Bonchev–Trinajstić information content (AvgIpc) is 3.23. The van der Waals surface area contributed by atoms with Crippen LogP contribution in [0.4, 0.5) is 0 Å². The first-order chi connectivity index (χ1) is 14.0. The van der Waals surface area contributed by atoms with E-state index in [4.69, 9.17) is 9.47 Å². The zero-order valence-electron chi connectivity index (χ0n) is 16.4. The quantitative estimate of drug-likeness (QED) is 0.421. The van der Waals surface area contributed by atoms with Crippen LogP contribution in [-0.4, -0.2) is 40.6 Å². The molecular formula is C21H22N4O4. The van der Waals surface area contributed by atoms with Crippen LogP contribution in [0, 0.1) is 0 Å². The second kappa shape index (κ2) is 8.92. The third kappa shape index (κ3) is 4.73. The van der Waals surface area contributed by atoms with Gasteiger partial charge in [0.15, 0.2) is 11.5 Å². The number of aromatic nitrogens is 2. The van der Waals surface area contributed by atoms with E-state index in [1.165, 1.54) is 13.2 Å². The molecule has 3 N–H and O–H groups in total. The van der Waals surface area contributed by atoms with Gasteiger partial charge in [-0.25, -0.2) is 5.43 Å². The monoisotopic (exact) mass is 394 g/mol. The van der Waals surface area contributed by atoms with Crippen molar-refractivity contribution in [3.05, 3.63) is 59.8 Å². The Morgan fingerprint density at radius 2 is 2.07 bits per heavy atom. The molecule has 8 nitrogen and oxygen atoms in total. The number of H-pyrrole nitrogens is 1. The number of amides is 1. The topological polar surface area (TPSA) is 109 Å². The first-order valence-electron chi connectivity index (χ1n) is 9.02. The number of hydrogen-bond acceptors (Lipinski definition) is 6. The molecule has 0 fully saturated rings. The largest absolute Gasteiger partial charge is 0.504 e. The minimum Gasteiger partial charge on any atom is -0.504 e. The number of benzene rings is 2. The molecule has 3 rings (SSSR count). The molecule has 150 valence electrons. The maximum atomic E-state index is 12.4. The van der Waals surface area contributed by atoms with E-state index >= 15 is 0 Å². The summed E-state index contributed by atoms with van der Waals surface area (Å²) in [7, 11) is 1.47. The summed E-state index contributed by atoms with van der Waals surface area (Å²) in [6.45, 7) is 4.23. The lowest BCUT2D eigenvalue weighted by molar-refractivity contribution is 0.0950. The van der Waals surface area contributed by atoms with Crippen LogP contribution < -0.4 is 14.9 Å². The molecule has 1 aromatic heterocycles. The minimum absolute atomic E-state index is 0.0338. The molecule has 0 aliphatic rings. The Balaban J connectivity index is 1.72. The fourth-order valence-electron chi connectivity index (χ4n) is 2.66. The Morgan fingerprint density at radius 1 is 1.24 bits per heavy atom. The number of hydrazone groups is 1. The van der Waals surface area contributed by atoms with Gasteiger partial charge in [0.2, 0.25) is 0 Å². The molecule has 1 heterocycles. The molecule has 3 aromatic rings. The molecule has 8 heteroatoms. The van der Waals surface area contributed by atoms with E-state index in [-0.39, 0.29) is 11.4 Å². The van der Waals surface area contributed by atoms with Gasteiger partial charge in [0.05, 0.1) is 25.1 Å². The zero-order chi connectivity index (χ0) is 20.8. The second-order valence-corrected chi connectivity index (χ2v) is 6.15. The maximum Gasteiger partial charge on any atom is 0.289 e. The number of carbonyl (C=O) groups excluding carboxylic acids is 1. The van der Waals surface area contributed by atoms with Crippen LogP contribution in [0.3, 0.4) is 0 Å². The van der Waals surface area contributed by atoms with Crippen LogP contribution in [0.5, 0.6) is 17.2 Å². The minimum atomic E-state index is -0.421. The Bertz CT molecular complexity index is 1040. The van der Waals surface area contributed by atoms with Crippen LogP contribution in [-0.2, 0) is 0 Å². The number of rotatable bonds is 7. The van der Waals surface area contributed by atoms with Gasteiger partial charge >= 0.3 is 0 Å². The smallest absolute Gasteiger partial charge is 0.289 e. The summed E-state index contributed by atoms with van der Waals surface area (Å²) in [5.41, 5.74) is 5.50. The Labute approximate surface area is 168 Å². The van der Waals surface area contributed by atoms with Gasteiger partial charge in [-0.15, -0.1) is 0 Å². The molecule has 1 amide bonds. The molecule has 0 bridgehead atoms. The number of aromatic amines is 1. The molecule has 0 saturated heterocycles. The lowest BCUT2D eigenvalue weighted by Gasteiger charge is -2.06. The Morgan fingerprint density at radius 3 is 2.83 bits per heavy atom. The highest BCUT2D eigenvalue weighted by molar-refractivity contribution is 6.01. The molecule has 0 atom stereocenters. The van der Waals surface area contributed by atoms with Crippen LogP contribution in [0.15, 0.2) is 53.6 Å². The van der Waals surface area contributed by atoms with Crippen molar-refractivity contribution in [3.63, 3.8) is 0 Å². The number of phenols is 1. The van der Waals surface area contributed by atoms with E-state index in [2.05, 4.69) is 20.7 Å². The molecule has 0 aliphatic heterocycles. The van der Waals surface area contributed by atoms with Crippen molar-refractivity contribution >= 4 is 11.6 Å². The van der Waals surface area contributed by atoms with Gasteiger partial charge in [0.1, 0.15) is 11.4 Å². The van der Waals surface area contributed by atoms with Crippen LogP contribution >= 0.6 is 0 Å². The number of ether oxygens (including phenoxy) is 2. The number of carbonyl (C=O) groups is 1. The SMILES string of the molecule is CCOc1cccc(-c2cc(C(=O)N/N=C(/C)c3ccc(O)c(OC)c3)[nH]n2)c1. The highest BCUT2D eigenvalue weighted by Gasteiger charge is 2.12. The molecule has 0 unspecified atom stereocenters. The van der Waals surface area contributed by atoms with Crippen molar-refractivity contribution in [1.82, 2.24) is 15.6 Å². The van der Waals surface area contributed by atoms with E-state index < -0.39 is 5.91 Å². The zero-order valence-corrected chi connectivity index (χ0v) is 16.4. The fourth-order valence-corrected chi connectivity index (χ4v) is 2.66. The summed E-state index contributed by atoms with van der Waals surface area (Å²) < 4.78 is 10.6. The molecule has 0 spiro atoms. The van der Waals surface area contributed by atoms with Crippen LogP contribution in [0.25, 0.3) is 11.3 Å². The van der Waals surface area contributed by atoms with Gasteiger partial charge in [-0.05, 0) is 50.2 Å². The predicted molar refractivity (Wildman–Crippen MR) is 110 cm³/mol. The Hall–Kier alpha value is -3.81. The molecule has 29 heavy (non-hydrogen) atoms. The summed E-state index contributed by atoms with van der Waals surface area (Å²) in [4.78, 5) is 12.4. The lowest BCUT2D eigenvalue weighted by Crippen LogP contribution is -2.19. The average molecular weight is 394 g/mol. The third-order valence-corrected chi connectivity index (χ3v) is 4.19. The normalized spacial score (nSPS) is 11.2. The Kier molecular flexibility index (Phi) is 6.13. The maximum absolute atomic E-state index is 12.4. The summed E-state index contributed by atoms with van der Waals surface area (Å²) in [6, 6.07) is 14.0. The highest BCUT2D eigenvalue weighted by atomic mass is 16.5. The molecule has 0 aliphatic carbocycles. The number of methoxy groups -OCH3 is 1. The van der Waals surface area contributed by atoms with Gasteiger partial charge < -0.3 is 14.6 Å². The number of aromatic hydroxyl groups is 1. The fraction of sp³-hybridized carbons (Fsp3) is 0.190. The molecular weight excluding hydrogens is 372 g/mol. The first kappa shape index (κ1) is 19.9. The summed E-state index contributed by atoms with van der Waals surface area (Å²) >= 11 is 0. The molecule has 0 radical (unpaired) electrons. The first-order valence-corrected chi connectivity index (χ1v) is 9.02.